The minimum atomic E-state index is 0.490. The number of nitrogens with zero attached hydrogens (tertiary/aromatic N) is 1. The van der Waals surface area contributed by atoms with Crippen LogP contribution in [0.15, 0.2) is 24.3 Å². The van der Waals surface area contributed by atoms with Crippen LogP contribution in [0.3, 0.4) is 0 Å². The summed E-state index contributed by atoms with van der Waals surface area (Å²) in [5, 5.41) is 3.39. The summed E-state index contributed by atoms with van der Waals surface area (Å²) in [6, 6.07) is 9.14. The minimum Gasteiger partial charge on any atom is -0.383 e. The molecule has 0 aliphatic carbocycles. The Morgan fingerprint density at radius 1 is 1.07 bits per heavy atom. The molecule has 0 atom stereocenters. The first-order valence-electron chi connectivity index (χ1n) is 5.79. The van der Waals surface area contributed by atoms with E-state index in [1.807, 2.05) is 0 Å². The van der Waals surface area contributed by atoms with Crippen LogP contribution in [0.1, 0.15) is 27.7 Å². The van der Waals surface area contributed by atoms with Crippen molar-refractivity contribution in [3.05, 3.63) is 24.3 Å². The van der Waals surface area contributed by atoms with E-state index in [0.29, 0.717) is 6.04 Å². The fraction of sp³-hybridized carbons (Fsp3) is 0.538. The maximum absolute atomic E-state index is 3.39. The van der Waals surface area contributed by atoms with Crippen molar-refractivity contribution in [2.75, 3.05) is 23.3 Å². The van der Waals surface area contributed by atoms with E-state index in [1.165, 1.54) is 11.4 Å². The molecule has 0 aromatic heterocycles. The van der Waals surface area contributed by atoms with E-state index in [4.69, 9.17) is 0 Å². The van der Waals surface area contributed by atoms with Crippen LogP contribution in [0, 0.1) is 0 Å². The molecule has 0 heterocycles. The first-order valence-corrected chi connectivity index (χ1v) is 5.79. The first kappa shape index (κ1) is 11.9. The van der Waals surface area contributed by atoms with Crippen LogP contribution in [0.5, 0.6) is 0 Å². The number of anilines is 2. The standard InChI is InChI=1S/C13H22N2/c1-5-15(6-2)13-9-7-12(8-10-13)14-11(3)4/h7-11,14H,5-6H2,1-4H3. The van der Waals surface area contributed by atoms with Gasteiger partial charge in [-0.15, -0.1) is 0 Å². The fourth-order valence-corrected chi connectivity index (χ4v) is 1.69. The van der Waals surface area contributed by atoms with Crippen molar-refractivity contribution in [3.8, 4) is 0 Å². The maximum Gasteiger partial charge on any atom is 0.0367 e. The molecule has 1 aromatic carbocycles. The largest absolute Gasteiger partial charge is 0.383 e. The number of hydrogen-bond donors (Lipinski definition) is 1. The van der Waals surface area contributed by atoms with Gasteiger partial charge in [0, 0.05) is 30.5 Å². The van der Waals surface area contributed by atoms with Gasteiger partial charge in [0.2, 0.25) is 0 Å². The SMILES string of the molecule is CCN(CC)c1ccc(NC(C)C)cc1. The molecule has 1 aromatic rings. The monoisotopic (exact) mass is 206 g/mol. The summed E-state index contributed by atoms with van der Waals surface area (Å²) >= 11 is 0. The summed E-state index contributed by atoms with van der Waals surface area (Å²) in [6.45, 7) is 10.8. The molecule has 0 saturated heterocycles. The topological polar surface area (TPSA) is 15.3 Å². The molecule has 0 spiro atoms. The molecule has 84 valence electrons. The molecule has 2 heteroatoms. The molecule has 0 aliphatic heterocycles. The zero-order valence-electron chi connectivity index (χ0n) is 10.2. The Morgan fingerprint density at radius 3 is 2.00 bits per heavy atom. The van der Waals surface area contributed by atoms with Crippen LogP contribution < -0.4 is 10.2 Å². The third-order valence-corrected chi connectivity index (χ3v) is 2.45. The van der Waals surface area contributed by atoms with Crippen LogP contribution in [0.2, 0.25) is 0 Å². The highest BCUT2D eigenvalue weighted by Gasteiger charge is 2.01. The molecule has 0 bridgehead atoms. The average Bonchev–Trinajstić information content (AvgIpc) is 2.21. The molecule has 0 unspecified atom stereocenters. The molecular formula is C13H22N2. The van der Waals surface area contributed by atoms with E-state index in [2.05, 4.69) is 62.2 Å². The van der Waals surface area contributed by atoms with Gasteiger partial charge in [-0.1, -0.05) is 0 Å². The van der Waals surface area contributed by atoms with Crippen molar-refractivity contribution in [1.29, 1.82) is 0 Å². The third-order valence-electron chi connectivity index (χ3n) is 2.45. The van der Waals surface area contributed by atoms with Crippen molar-refractivity contribution in [2.24, 2.45) is 0 Å². The number of benzene rings is 1. The predicted molar refractivity (Wildman–Crippen MR) is 68.8 cm³/mol. The fourth-order valence-electron chi connectivity index (χ4n) is 1.69. The van der Waals surface area contributed by atoms with Gasteiger partial charge in [-0.25, -0.2) is 0 Å². The predicted octanol–water partition coefficient (Wildman–Crippen LogP) is 3.35. The van der Waals surface area contributed by atoms with E-state index >= 15 is 0 Å². The molecular weight excluding hydrogens is 184 g/mol. The van der Waals surface area contributed by atoms with E-state index in [9.17, 15) is 0 Å². The van der Waals surface area contributed by atoms with Gasteiger partial charge in [0.1, 0.15) is 0 Å². The lowest BCUT2D eigenvalue weighted by Gasteiger charge is -2.21. The van der Waals surface area contributed by atoms with Crippen LogP contribution in [0.4, 0.5) is 11.4 Å². The van der Waals surface area contributed by atoms with Gasteiger partial charge < -0.3 is 10.2 Å². The number of nitrogens with one attached hydrogen (secondary N) is 1. The lowest BCUT2D eigenvalue weighted by Crippen LogP contribution is -2.21. The molecule has 1 rings (SSSR count). The normalized spacial score (nSPS) is 10.5. The Bertz CT molecular complexity index is 273. The quantitative estimate of drug-likeness (QED) is 0.794. The van der Waals surface area contributed by atoms with E-state index < -0.39 is 0 Å². The zero-order chi connectivity index (χ0) is 11.3. The minimum absolute atomic E-state index is 0.490. The Morgan fingerprint density at radius 2 is 1.60 bits per heavy atom. The van der Waals surface area contributed by atoms with Crippen LogP contribution in [-0.2, 0) is 0 Å². The summed E-state index contributed by atoms with van der Waals surface area (Å²) in [4.78, 5) is 2.35. The highest BCUT2D eigenvalue weighted by atomic mass is 15.1. The Kier molecular flexibility index (Phi) is 4.47. The Hall–Kier alpha value is -1.18. The average molecular weight is 206 g/mol. The van der Waals surface area contributed by atoms with Crippen molar-refractivity contribution in [1.82, 2.24) is 0 Å². The molecule has 0 amide bonds. The van der Waals surface area contributed by atoms with Gasteiger partial charge in [-0.3, -0.25) is 0 Å². The summed E-state index contributed by atoms with van der Waals surface area (Å²) in [5.41, 5.74) is 2.50. The Balaban J connectivity index is 2.71. The van der Waals surface area contributed by atoms with Gasteiger partial charge in [-0.2, -0.15) is 0 Å². The third kappa shape index (κ3) is 3.46. The maximum atomic E-state index is 3.39. The first-order chi connectivity index (χ1) is 7.17. The van der Waals surface area contributed by atoms with E-state index in [-0.39, 0.29) is 0 Å². The van der Waals surface area contributed by atoms with Crippen molar-refractivity contribution >= 4 is 11.4 Å². The molecule has 0 saturated carbocycles. The van der Waals surface area contributed by atoms with Gasteiger partial charge in [0.15, 0.2) is 0 Å². The smallest absolute Gasteiger partial charge is 0.0367 e. The summed E-state index contributed by atoms with van der Waals surface area (Å²) in [5.74, 6) is 0. The van der Waals surface area contributed by atoms with Crippen molar-refractivity contribution in [3.63, 3.8) is 0 Å². The molecule has 2 nitrogen and oxygen atoms in total. The van der Waals surface area contributed by atoms with Gasteiger partial charge in [0.25, 0.3) is 0 Å². The Labute approximate surface area is 93.3 Å². The molecule has 0 aliphatic rings. The van der Waals surface area contributed by atoms with Gasteiger partial charge in [-0.05, 0) is 52.0 Å². The lowest BCUT2D eigenvalue weighted by atomic mass is 10.2. The van der Waals surface area contributed by atoms with Gasteiger partial charge in [0.05, 0.1) is 0 Å². The number of rotatable bonds is 5. The zero-order valence-corrected chi connectivity index (χ0v) is 10.2. The van der Waals surface area contributed by atoms with Crippen LogP contribution in [-0.4, -0.2) is 19.1 Å². The van der Waals surface area contributed by atoms with E-state index in [1.54, 1.807) is 0 Å². The summed E-state index contributed by atoms with van der Waals surface area (Å²) in [6.07, 6.45) is 0. The van der Waals surface area contributed by atoms with Crippen molar-refractivity contribution < 1.29 is 0 Å². The molecule has 0 radical (unpaired) electrons. The molecule has 15 heavy (non-hydrogen) atoms. The summed E-state index contributed by atoms with van der Waals surface area (Å²) in [7, 11) is 0. The highest BCUT2D eigenvalue weighted by molar-refractivity contribution is 5.55. The highest BCUT2D eigenvalue weighted by Crippen LogP contribution is 2.17. The summed E-state index contributed by atoms with van der Waals surface area (Å²) < 4.78 is 0. The number of hydrogen-bond acceptors (Lipinski definition) is 2. The second kappa shape index (κ2) is 5.64. The second-order valence-corrected chi connectivity index (χ2v) is 4.02. The second-order valence-electron chi connectivity index (χ2n) is 4.02. The van der Waals surface area contributed by atoms with Crippen molar-refractivity contribution in [2.45, 2.75) is 33.7 Å². The molecule has 1 N–H and O–H groups in total. The van der Waals surface area contributed by atoms with E-state index in [0.717, 1.165) is 13.1 Å². The molecule has 0 fully saturated rings. The van der Waals surface area contributed by atoms with Crippen LogP contribution >= 0.6 is 0 Å². The van der Waals surface area contributed by atoms with Gasteiger partial charge >= 0.3 is 0 Å². The lowest BCUT2D eigenvalue weighted by molar-refractivity contribution is 0.865. The van der Waals surface area contributed by atoms with Crippen LogP contribution in [0.25, 0.3) is 0 Å².